The number of halogens is 3. The predicted octanol–water partition coefficient (Wildman–Crippen LogP) is 5.13. The number of thioether (sulfide) groups is 1. The van der Waals surface area contributed by atoms with Crippen molar-refractivity contribution in [3.05, 3.63) is 65.7 Å². The Hall–Kier alpha value is -2.74. The molecule has 0 aliphatic carbocycles. The lowest BCUT2D eigenvalue weighted by Crippen LogP contribution is -2.14. The van der Waals surface area contributed by atoms with Gasteiger partial charge in [-0.2, -0.15) is 13.2 Å². The molecule has 0 aliphatic rings. The summed E-state index contributed by atoms with van der Waals surface area (Å²) < 4.78 is 42.6. The molecule has 0 aliphatic heterocycles. The van der Waals surface area contributed by atoms with E-state index in [9.17, 15) is 22.8 Å². The lowest BCUT2D eigenvalue weighted by atomic mass is 10.1. The lowest BCUT2D eigenvalue weighted by molar-refractivity contribution is -0.137. The van der Waals surface area contributed by atoms with Gasteiger partial charge in [-0.3, -0.25) is 4.79 Å². The van der Waals surface area contributed by atoms with Crippen molar-refractivity contribution < 1.29 is 27.5 Å². The number of anilines is 1. The molecule has 0 bridgehead atoms. The molecule has 142 valence electrons. The number of carbonyl (C=O) groups is 2. The second-order valence-electron chi connectivity index (χ2n) is 5.21. The van der Waals surface area contributed by atoms with Gasteiger partial charge in [0.1, 0.15) is 0 Å². The molecular formula is C19H16F3NO3S. The van der Waals surface area contributed by atoms with E-state index in [4.69, 9.17) is 4.74 Å². The van der Waals surface area contributed by atoms with Crippen LogP contribution in [0.2, 0.25) is 0 Å². The largest absolute Gasteiger partial charge is 0.463 e. The summed E-state index contributed by atoms with van der Waals surface area (Å²) in [6.45, 7) is 1.98. The monoisotopic (exact) mass is 395 g/mol. The van der Waals surface area contributed by atoms with E-state index < -0.39 is 17.4 Å². The van der Waals surface area contributed by atoms with E-state index in [2.05, 4.69) is 5.32 Å². The van der Waals surface area contributed by atoms with Gasteiger partial charge in [-0.25, -0.2) is 4.79 Å². The molecule has 0 spiro atoms. The minimum absolute atomic E-state index is 0.0638. The topological polar surface area (TPSA) is 55.4 Å². The number of hydrogen-bond acceptors (Lipinski definition) is 4. The zero-order chi connectivity index (χ0) is 19.9. The highest BCUT2D eigenvalue weighted by Gasteiger charge is 2.31. The molecule has 0 saturated heterocycles. The molecule has 4 nitrogen and oxygen atoms in total. The number of amides is 1. The fourth-order valence-electron chi connectivity index (χ4n) is 2.10. The van der Waals surface area contributed by atoms with Gasteiger partial charge >= 0.3 is 11.5 Å². The van der Waals surface area contributed by atoms with Crippen molar-refractivity contribution in [2.75, 3.05) is 11.9 Å². The number of hydrogen-bond donors (Lipinski definition) is 1. The summed E-state index contributed by atoms with van der Waals surface area (Å²) in [6, 6.07) is 12.0. The average molecular weight is 395 g/mol. The van der Waals surface area contributed by atoms with Gasteiger partial charge in [0, 0.05) is 16.7 Å². The smallest absolute Gasteiger partial charge is 0.446 e. The van der Waals surface area contributed by atoms with Crippen LogP contribution in [-0.2, 0) is 9.53 Å². The van der Waals surface area contributed by atoms with Crippen molar-refractivity contribution >= 4 is 35.4 Å². The van der Waals surface area contributed by atoms with Crippen molar-refractivity contribution in [3.63, 3.8) is 0 Å². The number of carbonyl (C=O) groups excluding carboxylic acids is 2. The molecule has 0 fully saturated rings. The summed E-state index contributed by atoms with van der Waals surface area (Å²) in [5.74, 6) is -1.11. The Morgan fingerprint density at radius 2 is 1.78 bits per heavy atom. The molecule has 0 atom stereocenters. The first-order chi connectivity index (χ1) is 12.8. The first-order valence-electron chi connectivity index (χ1n) is 7.89. The van der Waals surface area contributed by atoms with Gasteiger partial charge < -0.3 is 10.1 Å². The van der Waals surface area contributed by atoms with Gasteiger partial charge in [0.25, 0.3) is 5.91 Å². The number of ether oxygens (including phenoxy) is 1. The number of esters is 1. The molecule has 8 heteroatoms. The number of benzene rings is 2. The second kappa shape index (κ2) is 9.27. The minimum atomic E-state index is -4.48. The van der Waals surface area contributed by atoms with Crippen molar-refractivity contribution in [2.45, 2.75) is 17.3 Å². The molecule has 0 saturated carbocycles. The summed E-state index contributed by atoms with van der Waals surface area (Å²) in [5, 5.41) is 2.56. The third kappa shape index (κ3) is 6.82. The first-order valence-corrected chi connectivity index (χ1v) is 8.71. The van der Waals surface area contributed by atoms with E-state index in [1.54, 1.807) is 37.3 Å². The maximum atomic E-state index is 12.6. The molecule has 0 aromatic heterocycles. The van der Waals surface area contributed by atoms with Gasteiger partial charge in [0.05, 0.1) is 12.2 Å². The first kappa shape index (κ1) is 20.6. The minimum Gasteiger partial charge on any atom is -0.463 e. The molecule has 1 amide bonds. The van der Waals surface area contributed by atoms with E-state index in [0.29, 0.717) is 11.3 Å². The summed E-state index contributed by atoms with van der Waals surface area (Å²) >= 11 is -0.332. The molecule has 27 heavy (non-hydrogen) atoms. The number of alkyl halides is 3. The second-order valence-corrected chi connectivity index (χ2v) is 6.31. The highest BCUT2D eigenvalue weighted by molar-refractivity contribution is 8.00. The normalized spacial score (nSPS) is 11.4. The van der Waals surface area contributed by atoms with Gasteiger partial charge in [-0.05, 0) is 54.6 Å². The number of nitrogens with one attached hydrogen (secondary N) is 1. The molecular weight excluding hydrogens is 379 g/mol. The van der Waals surface area contributed by atoms with Gasteiger partial charge in [0.2, 0.25) is 0 Å². The van der Waals surface area contributed by atoms with E-state index in [-0.39, 0.29) is 28.8 Å². The quantitative estimate of drug-likeness (QED) is 0.419. The highest BCUT2D eigenvalue weighted by atomic mass is 32.2. The Morgan fingerprint density at radius 1 is 1.11 bits per heavy atom. The standard InChI is InChI=1S/C19H16F3NO3S/c1-2-26-17(24)12-9-13-7-10-14(11-8-13)23-18(25)15-5-3-4-6-16(15)27-19(20,21)22/h3-12H,2H2,1H3,(H,23,25)/b12-9+. The summed E-state index contributed by atoms with van der Waals surface area (Å²) in [6.07, 6.45) is 2.83. The van der Waals surface area contributed by atoms with E-state index in [1.165, 1.54) is 30.3 Å². The summed E-state index contributed by atoms with van der Waals surface area (Å²) in [5.41, 5.74) is -3.43. The van der Waals surface area contributed by atoms with Gasteiger partial charge in [-0.1, -0.05) is 24.3 Å². The highest BCUT2D eigenvalue weighted by Crippen LogP contribution is 2.38. The van der Waals surface area contributed by atoms with E-state index in [1.807, 2.05) is 0 Å². The molecule has 1 N–H and O–H groups in total. The zero-order valence-corrected chi connectivity index (χ0v) is 15.1. The van der Waals surface area contributed by atoms with Crippen LogP contribution in [0.1, 0.15) is 22.8 Å². The third-order valence-corrected chi connectivity index (χ3v) is 4.03. The van der Waals surface area contributed by atoms with Crippen LogP contribution in [-0.4, -0.2) is 24.0 Å². The molecule has 2 aromatic carbocycles. The fraction of sp³-hybridized carbons (Fsp3) is 0.158. The van der Waals surface area contributed by atoms with E-state index in [0.717, 1.165) is 0 Å². The van der Waals surface area contributed by atoms with Crippen LogP contribution >= 0.6 is 11.8 Å². The Morgan fingerprint density at radius 3 is 2.41 bits per heavy atom. The van der Waals surface area contributed by atoms with Crippen LogP contribution < -0.4 is 5.32 Å². The van der Waals surface area contributed by atoms with Crippen LogP contribution in [0.15, 0.2) is 59.5 Å². The van der Waals surface area contributed by atoms with Crippen molar-refractivity contribution in [2.24, 2.45) is 0 Å². The zero-order valence-electron chi connectivity index (χ0n) is 14.2. The van der Waals surface area contributed by atoms with Crippen LogP contribution in [0.4, 0.5) is 18.9 Å². The maximum absolute atomic E-state index is 12.6. The molecule has 0 unspecified atom stereocenters. The van der Waals surface area contributed by atoms with Crippen LogP contribution in [0.3, 0.4) is 0 Å². The van der Waals surface area contributed by atoms with Crippen molar-refractivity contribution in [1.82, 2.24) is 0 Å². The molecule has 2 rings (SSSR count). The fourth-order valence-corrected chi connectivity index (χ4v) is 2.77. The van der Waals surface area contributed by atoms with Crippen molar-refractivity contribution in [1.29, 1.82) is 0 Å². The molecule has 0 heterocycles. The molecule has 0 radical (unpaired) electrons. The molecule has 2 aromatic rings. The van der Waals surface area contributed by atoms with Crippen LogP contribution in [0.5, 0.6) is 0 Å². The third-order valence-electron chi connectivity index (χ3n) is 3.22. The van der Waals surface area contributed by atoms with E-state index >= 15 is 0 Å². The Kier molecular flexibility index (Phi) is 7.06. The summed E-state index contributed by atoms with van der Waals surface area (Å²) in [7, 11) is 0. The SMILES string of the molecule is CCOC(=O)/C=C/c1ccc(NC(=O)c2ccccc2SC(F)(F)F)cc1. The number of rotatable bonds is 6. The van der Waals surface area contributed by atoms with Gasteiger partial charge in [0.15, 0.2) is 0 Å². The predicted molar refractivity (Wildman–Crippen MR) is 98.4 cm³/mol. The Bertz CT molecular complexity index is 833. The summed E-state index contributed by atoms with van der Waals surface area (Å²) in [4.78, 5) is 23.4. The van der Waals surface area contributed by atoms with Gasteiger partial charge in [-0.15, -0.1) is 0 Å². The van der Waals surface area contributed by atoms with Crippen LogP contribution in [0.25, 0.3) is 6.08 Å². The average Bonchev–Trinajstić information content (AvgIpc) is 2.60. The Labute approximate surface area is 158 Å². The lowest BCUT2D eigenvalue weighted by Gasteiger charge is -2.11. The van der Waals surface area contributed by atoms with Crippen molar-refractivity contribution in [3.8, 4) is 0 Å². The maximum Gasteiger partial charge on any atom is 0.446 e. The van der Waals surface area contributed by atoms with Crippen LogP contribution in [0, 0.1) is 0 Å². The Balaban J connectivity index is 2.07.